The minimum Gasteiger partial charge on any atom is -0.386 e. The van der Waals surface area contributed by atoms with Crippen molar-refractivity contribution in [3.8, 4) is 0 Å². The van der Waals surface area contributed by atoms with Crippen LogP contribution in [0.2, 0.25) is 0 Å². The van der Waals surface area contributed by atoms with E-state index in [-0.39, 0.29) is 41.6 Å². The van der Waals surface area contributed by atoms with E-state index in [4.69, 9.17) is 19.5 Å². The van der Waals surface area contributed by atoms with Crippen LogP contribution in [0.3, 0.4) is 0 Å². The predicted octanol–water partition coefficient (Wildman–Crippen LogP) is -0.593. The molecule has 24 nitrogen and oxygen atoms in total. The topological polar surface area (TPSA) is 364 Å². The summed E-state index contributed by atoms with van der Waals surface area (Å²) < 4.78 is 62.0. The monoisotopic (exact) mass is 847 g/mol. The zero-order chi connectivity index (χ0) is 40.5. The third-order valence-corrected chi connectivity index (χ3v) is 11.0. The molecular formula is C26H40N7O17P3S. The summed E-state index contributed by atoms with van der Waals surface area (Å²) in [5.41, 5.74) is 4.25. The number of phosphoric ester groups is 3. The van der Waals surface area contributed by atoms with Gasteiger partial charge >= 0.3 is 23.5 Å². The van der Waals surface area contributed by atoms with Gasteiger partial charge in [0.2, 0.25) is 16.9 Å². The summed E-state index contributed by atoms with van der Waals surface area (Å²) in [5.74, 6) is -1.19. The summed E-state index contributed by atoms with van der Waals surface area (Å²) in [6.45, 7) is 3.88. The second kappa shape index (κ2) is 19.3. The number of fused-ring (bicyclic) bond motifs is 1. The van der Waals surface area contributed by atoms with Gasteiger partial charge in [0.25, 0.3) is 0 Å². The van der Waals surface area contributed by atoms with Gasteiger partial charge in [0.05, 0.1) is 19.5 Å². The number of nitrogens with two attached hydrogens (primary N) is 1. The molecular weight excluding hydrogens is 807 g/mol. The van der Waals surface area contributed by atoms with Gasteiger partial charge in [0.1, 0.15) is 36.3 Å². The van der Waals surface area contributed by atoms with Gasteiger partial charge in [0.15, 0.2) is 17.7 Å². The van der Waals surface area contributed by atoms with Crippen LogP contribution in [-0.2, 0) is 50.7 Å². The molecule has 0 bridgehead atoms. The molecule has 302 valence electrons. The number of nitrogens with zero attached hydrogens (tertiary/aromatic N) is 4. The number of rotatable bonds is 21. The Labute approximate surface area is 310 Å². The normalized spacial score (nSPS) is 22.1. The van der Waals surface area contributed by atoms with E-state index < -0.39 is 84.6 Å². The Morgan fingerprint density at radius 1 is 1.11 bits per heavy atom. The molecule has 1 aliphatic rings. The summed E-state index contributed by atoms with van der Waals surface area (Å²) in [4.78, 5) is 86.9. The Kier molecular flexibility index (Phi) is 16.2. The van der Waals surface area contributed by atoms with Gasteiger partial charge in [-0.25, -0.2) is 28.6 Å². The lowest BCUT2D eigenvalue weighted by molar-refractivity contribution is -0.137. The molecule has 54 heavy (non-hydrogen) atoms. The van der Waals surface area contributed by atoms with Crippen molar-refractivity contribution in [3.63, 3.8) is 0 Å². The summed E-state index contributed by atoms with van der Waals surface area (Å²) in [7, 11) is -16.4. The number of hydrogen-bond donors (Lipinski definition) is 9. The van der Waals surface area contributed by atoms with Crippen molar-refractivity contribution in [2.24, 2.45) is 5.41 Å². The number of allylic oxidation sites excluding steroid dienone is 2. The summed E-state index contributed by atoms with van der Waals surface area (Å²) in [5, 5.41) is 26.0. The first-order chi connectivity index (χ1) is 25.1. The van der Waals surface area contributed by atoms with Crippen LogP contribution in [0, 0.1) is 5.41 Å². The van der Waals surface area contributed by atoms with Crippen LogP contribution in [0.1, 0.15) is 26.5 Å². The SMILES string of the molecule is C=CC=CC(=O)SCCNC(=O)CCNC(=O)[C@H](O)C(C)(C)COP(=O)(O)OP(=O)(O)OC[C@H]1O[C@@H](n2cnc3c(N)ncnc32)[C@H](O)[C@@H]1OP(=O)(O)O. The third-order valence-electron chi connectivity index (χ3n) is 7.11. The van der Waals surface area contributed by atoms with Crippen LogP contribution in [0.25, 0.3) is 11.2 Å². The second-order valence-electron chi connectivity index (χ2n) is 11.8. The van der Waals surface area contributed by atoms with E-state index in [0.717, 1.165) is 29.0 Å². The van der Waals surface area contributed by atoms with E-state index in [1.54, 1.807) is 0 Å². The number of aliphatic hydroxyl groups excluding tert-OH is 2. The Hall–Kier alpha value is -2.96. The highest BCUT2D eigenvalue weighted by Gasteiger charge is 2.50. The maximum atomic E-state index is 12.6. The summed E-state index contributed by atoms with van der Waals surface area (Å²) in [6.07, 6.45) is -2.70. The number of nitrogens with one attached hydrogen (secondary N) is 2. The molecule has 28 heteroatoms. The zero-order valence-electron chi connectivity index (χ0n) is 28.5. The van der Waals surface area contributed by atoms with Crippen molar-refractivity contribution in [1.29, 1.82) is 0 Å². The number of thioether (sulfide) groups is 1. The fourth-order valence-corrected chi connectivity index (χ4v) is 7.89. The van der Waals surface area contributed by atoms with E-state index in [2.05, 4.69) is 41.0 Å². The van der Waals surface area contributed by atoms with Crippen molar-refractivity contribution in [2.75, 3.05) is 37.8 Å². The average Bonchev–Trinajstić information content (AvgIpc) is 3.63. The molecule has 3 rings (SSSR count). The van der Waals surface area contributed by atoms with Crippen LogP contribution in [0.5, 0.6) is 0 Å². The molecule has 1 aliphatic heterocycles. The molecule has 0 saturated carbocycles. The molecule has 2 amide bonds. The number of anilines is 1. The number of carbonyl (C=O) groups excluding carboxylic acids is 3. The lowest BCUT2D eigenvalue weighted by Gasteiger charge is -2.30. The van der Waals surface area contributed by atoms with Gasteiger partial charge < -0.3 is 50.9 Å². The first-order valence-corrected chi connectivity index (χ1v) is 20.9. The molecule has 0 aliphatic carbocycles. The molecule has 10 N–H and O–H groups in total. The van der Waals surface area contributed by atoms with Crippen LogP contribution < -0.4 is 16.4 Å². The summed E-state index contributed by atoms with van der Waals surface area (Å²) in [6, 6.07) is 0. The van der Waals surface area contributed by atoms with Gasteiger partial charge in [-0.15, -0.1) is 0 Å². The fourth-order valence-electron chi connectivity index (χ4n) is 4.48. The van der Waals surface area contributed by atoms with Gasteiger partial charge in [-0.3, -0.25) is 32.5 Å². The standard InChI is InChI=1S/C26H40N7O17P3S/c1-4-5-6-17(35)54-10-9-28-16(34)7-8-29-24(38)21(37)26(2,3)12-47-53(44,45)50-52(42,43)46-11-15-20(49-51(39,40)41)19(36)25(48-15)33-14-32-18-22(27)30-13-31-23(18)33/h4-6,13-15,19-21,25,36-37H,1,7-12H2,2-3H3,(H,28,34)(H,29,38)(H,42,43)(H,44,45)(H2,27,30,31)(H2,39,40,41)/t15-,19-,20-,21+,25-/m1/s1. The lowest BCUT2D eigenvalue weighted by atomic mass is 9.87. The number of phosphoric acid groups is 3. The molecule has 2 aromatic heterocycles. The maximum Gasteiger partial charge on any atom is 0.481 e. The van der Waals surface area contributed by atoms with Crippen molar-refractivity contribution in [1.82, 2.24) is 30.2 Å². The number of carbonyl (C=O) groups is 3. The number of amides is 2. The number of imidazole rings is 1. The molecule has 7 atom stereocenters. The highest BCUT2D eigenvalue weighted by atomic mass is 32.2. The first kappa shape index (κ1) is 45.4. The van der Waals surface area contributed by atoms with Gasteiger partial charge in [-0.2, -0.15) is 4.31 Å². The number of ether oxygens (including phenoxy) is 1. The Morgan fingerprint density at radius 3 is 2.46 bits per heavy atom. The van der Waals surface area contributed by atoms with E-state index in [9.17, 15) is 57.9 Å². The second-order valence-corrected chi connectivity index (χ2v) is 17.2. The highest BCUT2D eigenvalue weighted by molar-refractivity contribution is 8.14. The van der Waals surface area contributed by atoms with E-state index >= 15 is 0 Å². The molecule has 0 spiro atoms. The largest absolute Gasteiger partial charge is 0.481 e. The quantitative estimate of drug-likeness (QED) is 0.0328. The van der Waals surface area contributed by atoms with Gasteiger partial charge in [-0.05, 0) is 6.08 Å². The van der Waals surface area contributed by atoms with Gasteiger partial charge in [-0.1, -0.05) is 44.3 Å². The molecule has 1 fully saturated rings. The summed E-state index contributed by atoms with van der Waals surface area (Å²) >= 11 is 0.976. The number of hydrogen-bond acceptors (Lipinski definition) is 18. The smallest absolute Gasteiger partial charge is 0.386 e. The zero-order valence-corrected chi connectivity index (χ0v) is 32.0. The third kappa shape index (κ3) is 13.7. The lowest BCUT2D eigenvalue weighted by Crippen LogP contribution is -2.46. The van der Waals surface area contributed by atoms with E-state index in [1.165, 1.54) is 32.1 Å². The van der Waals surface area contributed by atoms with Crippen molar-refractivity contribution < 1.29 is 80.5 Å². The number of aromatic nitrogens is 4. The predicted molar refractivity (Wildman–Crippen MR) is 186 cm³/mol. The Balaban J connectivity index is 1.51. The highest BCUT2D eigenvalue weighted by Crippen LogP contribution is 2.61. The Morgan fingerprint density at radius 2 is 1.80 bits per heavy atom. The minimum absolute atomic E-state index is 0.0283. The average molecular weight is 848 g/mol. The molecule has 2 aromatic rings. The Bertz CT molecular complexity index is 1840. The number of nitrogen functional groups attached to an aromatic ring is 1. The minimum atomic E-state index is -5.57. The van der Waals surface area contributed by atoms with Crippen LogP contribution in [0.15, 0.2) is 37.5 Å². The maximum absolute atomic E-state index is 12.6. The van der Waals surface area contributed by atoms with Gasteiger partial charge in [0, 0.05) is 30.7 Å². The van der Waals surface area contributed by atoms with Crippen molar-refractivity contribution in [2.45, 2.75) is 50.9 Å². The molecule has 2 unspecified atom stereocenters. The number of aliphatic hydroxyl groups is 2. The van der Waals surface area contributed by atoms with Crippen LogP contribution >= 0.6 is 35.2 Å². The molecule has 3 heterocycles. The van der Waals surface area contributed by atoms with Crippen LogP contribution in [-0.4, -0.2) is 123 Å². The first-order valence-electron chi connectivity index (χ1n) is 15.4. The van der Waals surface area contributed by atoms with Crippen molar-refractivity contribution >= 4 is 69.1 Å². The van der Waals surface area contributed by atoms with Crippen LogP contribution in [0.4, 0.5) is 5.82 Å². The molecule has 1 saturated heterocycles. The molecule has 0 radical (unpaired) electrons. The fraction of sp³-hybridized carbons (Fsp3) is 0.538. The molecule has 0 aromatic carbocycles. The van der Waals surface area contributed by atoms with E-state index in [1.807, 2.05) is 0 Å². The van der Waals surface area contributed by atoms with Crippen molar-refractivity contribution in [3.05, 3.63) is 37.5 Å². The van der Waals surface area contributed by atoms with E-state index in [0.29, 0.717) is 5.75 Å².